The van der Waals surface area contributed by atoms with Crippen molar-refractivity contribution in [1.29, 1.82) is 0 Å². The van der Waals surface area contributed by atoms with Crippen LogP contribution in [0.1, 0.15) is 0 Å². The van der Waals surface area contributed by atoms with Crippen LogP contribution in [-0.4, -0.2) is 6.16 Å². The van der Waals surface area contributed by atoms with Gasteiger partial charge in [-0.15, -0.1) is 0 Å². The minimum absolute atomic E-state index is 2.33. The summed E-state index contributed by atoms with van der Waals surface area (Å²) in [7, 11) is 3.83. The zero-order chi connectivity index (χ0) is 5.58. The summed E-state index contributed by atoms with van der Waals surface area (Å²) in [6.07, 6.45) is -2.33. The van der Waals surface area contributed by atoms with E-state index in [2.05, 4.69) is 24.9 Å². The fraction of sp³-hybridized carbons (Fsp3) is 0. The van der Waals surface area contributed by atoms with E-state index in [-0.39, 0.29) is 0 Å². The number of carbonyl (C=O) groups excluding carboxylic acids is 1. The predicted octanol–water partition coefficient (Wildman–Crippen LogP) is -1.80. The van der Waals surface area contributed by atoms with Crippen molar-refractivity contribution in [3.05, 3.63) is 0 Å². The zero-order valence-electron chi connectivity index (χ0n) is 2.49. The zero-order valence-corrected chi connectivity index (χ0v) is 4.41. The van der Waals surface area contributed by atoms with Crippen LogP contribution in [0, 0.1) is 0 Å². The van der Waals surface area contributed by atoms with Crippen molar-refractivity contribution in [2.75, 3.05) is 0 Å². The Morgan fingerprint density at radius 1 is 1.50 bits per heavy atom. The van der Waals surface area contributed by atoms with E-state index in [1.165, 1.54) is 0 Å². The first kappa shape index (κ1) is 9.38. The molecule has 0 unspecified atom stereocenters. The van der Waals surface area contributed by atoms with Crippen LogP contribution in [-0.2, 0) is 14.4 Å². The number of hydrogen-bond donors (Lipinski definition) is 0. The normalized spacial score (nSPS) is 4.67. The second kappa shape index (κ2) is 8.89. The maximum absolute atomic E-state index is 8.33. The van der Waals surface area contributed by atoms with Gasteiger partial charge in [-0.3, -0.25) is 0 Å². The van der Waals surface area contributed by atoms with Crippen molar-refractivity contribution in [2.45, 2.75) is 0 Å². The molecule has 0 N–H and O–H groups in total. The summed E-state index contributed by atoms with van der Waals surface area (Å²) in [5.41, 5.74) is 0. The molecule has 0 aliphatic carbocycles. The van der Waals surface area contributed by atoms with Crippen molar-refractivity contribution in [2.24, 2.45) is 0 Å². The Kier molecular flexibility index (Phi) is 13.9. The second-order valence-corrected chi connectivity index (χ2v) is 0.250. The molecule has 0 spiro atoms. The molecular formula is CFeO3S. The molecule has 0 rings (SSSR count). The third-order valence-electron chi connectivity index (χ3n) is 0. The summed E-state index contributed by atoms with van der Waals surface area (Å²) in [6, 6.07) is 0. The Bertz CT molecular complexity index is 42.1. The van der Waals surface area contributed by atoms with Gasteiger partial charge >= 0.3 is 24.9 Å². The van der Waals surface area contributed by atoms with Gasteiger partial charge in [-0.2, -0.15) is 0 Å². The maximum atomic E-state index is 8.33. The molecule has 0 aliphatic rings. The van der Waals surface area contributed by atoms with Gasteiger partial charge in [0, 0.05) is 0 Å². The van der Waals surface area contributed by atoms with Gasteiger partial charge in [0.1, 0.15) is 0 Å². The first-order valence-corrected chi connectivity index (χ1v) is 2.40. The van der Waals surface area contributed by atoms with Crippen LogP contribution in [0.5, 0.6) is 0 Å². The van der Waals surface area contributed by atoms with Gasteiger partial charge in [0.05, 0.1) is 0 Å². The van der Waals surface area contributed by atoms with Gasteiger partial charge in [0.15, 0.2) is 0 Å². The molecule has 6 heavy (non-hydrogen) atoms. The Balaban J connectivity index is 0. The Hall–Kier alpha value is 0.00948. The van der Waals surface area contributed by atoms with E-state index in [1.54, 1.807) is 0 Å². The number of rotatable bonds is 0. The molecule has 5 heteroatoms. The van der Waals surface area contributed by atoms with Crippen molar-refractivity contribution in [3.63, 3.8) is 0 Å². The fourth-order valence-corrected chi connectivity index (χ4v) is 0. The first-order chi connectivity index (χ1) is 2.73. The minimum atomic E-state index is -2.33. The average molecular weight is 148 g/mol. The monoisotopic (exact) mass is 148 g/mol. The number of carboxylic acid groups (broad SMARTS) is 2. The summed E-state index contributed by atoms with van der Waals surface area (Å²) >= 11 is 2.83. The Morgan fingerprint density at radius 3 is 1.50 bits per heavy atom. The van der Waals surface area contributed by atoms with Crippen LogP contribution in [0.4, 0.5) is 4.79 Å². The van der Waals surface area contributed by atoms with E-state index in [1.807, 2.05) is 0 Å². The quantitative estimate of drug-likeness (QED) is 0.380. The molecule has 0 saturated heterocycles. The van der Waals surface area contributed by atoms with Gasteiger partial charge in [0.25, 0.3) is 0 Å². The summed E-state index contributed by atoms with van der Waals surface area (Å²) < 4.78 is 0. The van der Waals surface area contributed by atoms with Crippen molar-refractivity contribution in [1.82, 2.24) is 0 Å². The summed E-state index contributed by atoms with van der Waals surface area (Å²) in [4.78, 5) is 8.33. The van der Waals surface area contributed by atoms with Crippen LogP contribution < -0.4 is 10.2 Å². The van der Waals surface area contributed by atoms with E-state index in [9.17, 15) is 0 Å². The van der Waals surface area contributed by atoms with E-state index in [4.69, 9.17) is 15.0 Å². The predicted molar refractivity (Wildman–Crippen MR) is 13.0 cm³/mol. The Morgan fingerprint density at radius 2 is 1.50 bits per heavy atom. The fourth-order valence-electron chi connectivity index (χ4n) is 0. The molecule has 0 aromatic rings. The molecule has 0 heterocycles. The number of carbonyl (C=O) groups is 1. The van der Waals surface area contributed by atoms with Gasteiger partial charge in [-0.05, 0) is 6.16 Å². The first-order valence-electron chi connectivity index (χ1n) is 0.757. The third-order valence-corrected chi connectivity index (χ3v) is 0. The van der Waals surface area contributed by atoms with Crippen LogP contribution in [0.3, 0.4) is 0 Å². The molecule has 0 amide bonds. The molecule has 36 valence electrons. The third kappa shape index (κ3) is 404000. The molecule has 0 saturated carbocycles. The van der Waals surface area contributed by atoms with Crippen LogP contribution >= 0.6 is 10.6 Å². The molecule has 3 nitrogen and oxygen atoms in total. The summed E-state index contributed by atoms with van der Waals surface area (Å²) in [5, 5.41) is 16.7. The average Bonchev–Trinajstić information content (AvgIpc) is 1.41. The molecule has 0 atom stereocenters. The molecule has 0 radical (unpaired) electrons. The standard InChI is InChI=1S/CH2O3.Fe.S/c2-1(3)4;;/h(H2,2,3,4);;/q;+2;/p-2. The molecular weight excluding hydrogens is 148 g/mol. The van der Waals surface area contributed by atoms with Crippen LogP contribution in [0.15, 0.2) is 0 Å². The summed E-state index contributed by atoms with van der Waals surface area (Å²) in [6.45, 7) is 0. The molecule has 0 bridgehead atoms. The van der Waals surface area contributed by atoms with Crippen LogP contribution in [0.2, 0.25) is 0 Å². The van der Waals surface area contributed by atoms with Gasteiger partial charge in [-0.25, -0.2) is 0 Å². The molecule has 0 aromatic heterocycles. The molecule has 0 aliphatic heterocycles. The molecule has 0 fully saturated rings. The number of hydrogen-bond acceptors (Lipinski definition) is 4. The van der Waals surface area contributed by atoms with Gasteiger partial charge < -0.3 is 15.0 Å². The topological polar surface area (TPSA) is 63.2 Å². The van der Waals surface area contributed by atoms with Gasteiger partial charge in [0.2, 0.25) is 0 Å². The van der Waals surface area contributed by atoms with Crippen LogP contribution in [0.25, 0.3) is 0 Å². The van der Waals surface area contributed by atoms with Crippen molar-refractivity contribution < 1.29 is 29.4 Å². The summed E-state index contributed by atoms with van der Waals surface area (Å²) in [5.74, 6) is 0. The van der Waals surface area contributed by atoms with E-state index >= 15 is 0 Å². The second-order valence-electron chi connectivity index (χ2n) is 0.250. The van der Waals surface area contributed by atoms with Gasteiger partial charge in [-0.1, -0.05) is 0 Å². The SMILES string of the molecule is O=C([O-])[O-].[S]=[Fe+2]. The van der Waals surface area contributed by atoms with E-state index in [0.29, 0.717) is 0 Å². The Labute approximate surface area is 46.6 Å². The van der Waals surface area contributed by atoms with Crippen molar-refractivity contribution >= 4 is 16.7 Å². The molecule has 0 aromatic carbocycles. The van der Waals surface area contributed by atoms with E-state index in [0.717, 1.165) is 0 Å². The van der Waals surface area contributed by atoms with E-state index < -0.39 is 6.16 Å². The van der Waals surface area contributed by atoms with Crippen molar-refractivity contribution in [3.8, 4) is 0 Å².